The second kappa shape index (κ2) is 24.9. The second-order valence-electron chi connectivity index (χ2n) is 0.224. The molecule has 0 saturated carbocycles. The van der Waals surface area contributed by atoms with Crippen molar-refractivity contribution in [2.75, 3.05) is 0 Å². The molecule has 0 aromatic rings. The van der Waals surface area contributed by atoms with E-state index in [1.54, 1.807) is 24.8 Å². The fraction of sp³-hybridized carbons (Fsp3) is 0.500. The van der Waals surface area contributed by atoms with Crippen molar-refractivity contribution in [1.82, 2.24) is 0 Å². The van der Waals surface area contributed by atoms with Gasteiger partial charge in [0.05, 0.1) is 6.07 Å². The van der Waals surface area contributed by atoms with E-state index in [4.69, 9.17) is 5.26 Å². The molecule has 0 aromatic carbocycles. The van der Waals surface area contributed by atoms with E-state index in [0.29, 0.717) is 0 Å². The van der Waals surface area contributed by atoms with Crippen LogP contribution in [0, 0.1) is 11.3 Å². The van der Waals surface area contributed by atoms with Crippen molar-refractivity contribution in [2.24, 2.45) is 0 Å². The molecule has 0 heterocycles. The minimum atomic E-state index is 1.43. The van der Waals surface area contributed by atoms with Crippen LogP contribution in [0.25, 0.3) is 0 Å². The molecule has 0 unspecified atom stereocenters. The zero-order chi connectivity index (χ0) is 4.71. The summed E-state index contributed by atoms with van der Waals surface area (Å²) in [5.41, 5.74) is 0. The Labute approximate surface area is 46.8 Å². The molecule has 0 aliphatic rings. The molecule has 0 bridgehead atoms. The van der Waals surface area contributed by atoms with E-state index in [-0.39, 0.29) is 0 Å². The van der Waals surface area contributed by atoms with Gasteiger partial charge in [-0.05, 0) is 0 Å². The van der Waals surface area contributed by atoms with Crippen LogP contribution in [0.4, 0.5) is 0 Å². The molecular formula is C2H3ClNPt. The summed E-state index contributed by atoms with van der Waals surface area (Å²) in [6.45, 7) is 1.43. The van der Waals surface area contributed by atoms with Crippen molar-refractivity contribution in [3.8, 4) is 6.07 Å². The third kappa shape index (κ3) is 124. The molecule has 0 N–H and O–H groups in total. The van der Waals surface area contributed by atoms with Crippen LogP contribution >= 0.6 is 9.42 Å². The first-order valence-corrected chi connectivity index (χ1v) is 3.66. The van der Waals surface area contributed by atoms with Gasteiger partial charge in [0.15, 0.2) is 0 Å². The minimum absolute atomic E-state index is 1.43. The zero-order valence-corrected chi connectivity index (χ0v) is 5.67. The summed E-state index contributed by atoms with van der Waals surface area (Å²) < 4.78 is 0. The van der Waals surface area contributed by atoms with Gasteiger partial charge in [-0.15, -0.1) is 0 Å². The summed E-state index contributed by atoms with van der Waals surface area (Å²) >= 11 is 1.61. The van der Waals surface area contributed by atoms with Crippen molar-refractivity contribution in [2.45, 2.75) is 6.92 Å². The fourth-order valence-corrected chi connectivity index (χ4v) is 0. The van der Waals surface area contributed by atoms with E-state index in [1.165, 1.54) is 6.92 Å². The van der Waals surface area contributed by atoms with Crippen LogP contribution in [0.5, 0.6) is 0 Å². The van der Waals surface area contributed by atoms with Gasteiger partial charge in [0.2, 0.25) is 0 Å². The monoisotopic (exact) mass is 271 g/mol. The van der Waals surface area contributed by atoms with E-state index in [1.807, 2.05) is 0 Å². The van der Waals surface area contributed by atoms with Crippen LogP contribution < -0.4 is 0 Å². The summed E-state index contributed by atoms with van der Waals surface area (Å²) in [6, 6.07) is 1.75. The predicted octanol–water partition coefficient (Wildman–Crippen LogP) is 1.22. The summed E-state index contributed by atoms with van der Waals surface area (Å²) in [6.07, 6.45) is 0. The first-order valence-electron chi connectivity index (χ1n) is 0.843. The summed E-state index contributed by atoms with van der Waals surface area (Å²) in [5.74, 6) is 0. The number of halogens is 1. The standard InChI is InChI=1S/C2H3N.ClH.Pt/c1-2-3;;/h1H3;1H;/q;;+1/p-1. The van der Waals surface area contributed by atoms with Gasteiger partial charge in [-0.3, -0.25) is 0 Å². The molecule has 0 rings (SSSR count). The van der Waals surface area contributed by atoms with Gasteiger partial charge < -0.3 is 0 Å². The van der Waals surface area contributed by atoms with Crippen LogP contribution in [-0.4, -0.2) is 0 Å². The molecule has 0 radical (unpaired) electrons. The van der Waals surface area contributed by atoms with Gasteiger partial charge in [-0.25, -0.2) is 0 Å². The number of hydrogen-bond donors (Lipinski definition) is 0. The van der Waals surface area contributed by atoms with Crippen LogP contribution in [0.15, 0.2) is 0 Å². The van der Waals surface area contributed by atoms with Crippen molar-refractivity contribution < 1.29 is 18.8 Å². The molecule has 1 nitrogen and oxygen atoms in total. The predicted molar refractivity (Wildman–Crippen MR) is 17.1 cm³/mol. The summed E-state index contributed by atoms with van der Waals surface area (Å²) in [5, 5.41) is 7.32. The Balaban J connectivity index is 0. The first-order chi connectivity index (χ1) is 2.41. The van der Waals surface area contributed by atoms with Gasteiger partial charge in [0, 0.05) is 6.92 Å². The third-order valence-corrected chi connectivity index (χ3v) is 0. The Morgan fingerprint density at radius 2 is 1.80 bits per heavy atom. The number of nitrogens with zero attached hydrogens (tertiary/aromatic N) is 1. The number of nitriles is 1. The Hall–Kier alpha value is 0.468. The van der Waals surface area contributed by atoms with Crippen LogP contribution in [0.2, 0.25) is 0 Å². The van der Waals surface area contributed by atoms with E-state index in [2.05, 4.69) is 9.42 Å². The van der Waals surface area contributed by atoms with Gasteiger partial charge in [-0.2, -0.15) is 5.26 Å². The molecule has 0 aromatic heterocycles. The molecule has 0 amide bonds. The normalized spacial score (nSPS) is 3.00. The maximum atomic E-state index is 7.32. The van der Waals surface area contributed by atoms with Crippen LogP contribution in [0.3, 0.4) is 0 Å². The Bertz CT molecular complexity index is 31.1. The van der Waals surface area contributed by atoms with Crippen molar-refractivity contribution in [3.05, 3.63) is 0 Å². The van der Waals surface area contributed by atoms with E-state index < -0.39 is 0 Å². The zero-order valence-electron chi connectivity index (χ0n) is 2.64. The van der Waals surface area contributed by atoms with Crippen molar-refractivity contribution in [3.63, 3.8) is 0 Å². The fourth-order valence-electron chi connectivity index (χ4n) is 0. The molecule has 3 heteroatoms. The molecule has 0 fully saturated rings. The molecule has 0 saturated heterocycles. The van der Waals surface area contributed by atoms with E-state index in [9.17, 15) is 0 Å². The molecule has 0 aliphatic carbocycles. The average molecular weight is 272 g/mol. The Morgan fingerprint density at radius 1 is 1.80 bits per heavy atom. The van der Waals surface area contributed by atoms with E-state index >= 15 is 0 Å². The second-order valence-corrected chi connectivity index (χ2v) is 0.224. The maximum absolute atomic E-state index is 7.32. The number of rotatable bonds is 0. The molecule has 5 heavy (non-hydrogen) atoms. The van der Waals surface area contributed by atoms with Gasteiger partial charge in [-0.1, -0.05) is 0 Å². The number of hydrogen-bond acceptors (Lipinski definition) is 1. The van der Waals surface area contributed by atoms with Gasteiger partial charge >= 0.3 is 28.2 Å². The Kier molecular flexibility index (Phi) is 45.3. The average Bonchev–Trinajstić information content (AvgIpc) is 1.46. The third-order valence-electron chi connectivity index (χ3n) is 0. The van der Waals surface area contributed by atoms with Gasteiger partial charge in [0.1, 0.15) is 0 Å². The van der Waals surface area contributed by atoms with Crippen molar-refractivity contribution >= 4 is 9.42 Å². The Morgan fingerprint density at radius 3 is 1.80 bits per heavy atom. The van der Waals surface area contributed by atoms with Crippen LogP contribution in [-0.2, 0) is 18.8 Å². The summed E-state index contributed by atoms with van der Waals surface area (Å²) in [7, 11) is 4.61. The quantitative estimate of drug-likeness (QED) is 0.650. The first kappa shape index (κ1) is 9.08. The SMILES string of the molecule is CC#N.[Cl][Pt]. The van der Waals surface area contributed by atoms with Crippen LogP contribution in [0.1, 0.15) is 6.92 Å². The molecule has 0 atom stereocenters. The topological polar surface area (TPSA) is 23.8 Å². The molecule has 0 spiro atoms. The molecular weight excluding hydrogens is 269 g/mol. The van der Waals surface area contributed by atoms with Crippen molar-refractivity contribution in [1.29, 1.82) is 5.26 Å². The van der Waals surface area contributed by atoms with Gasteiger partial charge in [0.25, 0.3) is 0 Å². The summed E-state index contributed by atoms with van der Waals surface area (Å²) in [4.78, 5) is 0. The van der Waals surface area contributed by atoms with E-state index in [0.717, 1.165) is 0 Å². The molecule has 33 valence electrons. The molecule has 0 aliphatic heterocycles.